The highest BCUT2D eigenvalue weighted by molar-refractivity contribution is 5.32. The quantitative estimate of drug-likeness (QED) is 0.576. The zero-order valence-electron chi connectivity index (χ0n) is 5.88. The van der Waals surface area contributed by atoms with Gasteiger partial charge in [-0.1, -0.05) is 0 Å². The summed E-state index contributed by atoms with van der Waals surface area (Å²) >= 11 is 0. The summed E-state index contributed by atoms with van der Waals surface area (Å²) in [6.07, 6.45) is 2.48. The molecule has 0 saturated heterocycles. The first-order chi connectivity index (χ1) is 4.70. The molecule has 0 saturated carbocycles. The van der Waals surface area contributed by atoms with Gasteiger partial charge in [0.1, 0.15) is 5.82 Å². The lowest BCUT2D eigenvalue weighted by Gasteiger charge is -2.09. The van der Waals surface area contributed by atoms with Gasteiger partial charge in [0.05, 0.1) is 6.20 Å². The topological polar surface area (TPSA) is 49.0 Å². The fourth-order valence-corrected chi connectivity index (χ4v) is 0.567. The number of aromatic amines is 1. The van der Waals surface area contributed by atoms with E-state index in [1.165, 1.54) is 0 Å². The van der Waals surface area contributed by atoms with Crippen molar-refractivity contribution in [2.45, 2.75) is 0 Å². The molecule has 1 aromatic rings. The van der Waals surface area contributed by atoms with Crippen LogP contribution in [0.4, 0.5) is 5.82 Å². The maximum absolute atomic E-state index is 10.6. The number of anilines is 1. The molecule has 0 amide bonds. The van der Waals surface area contributed by atoms with E-state index in [9.17, 15) is 4.79 Å². The molecule has 0 aliphatic rings. The van der Waals surface area contributed by atoms with E-state index in [0.717, 1.165) is 0 Å². The molecule has 1 heterocycles. The summed E-state index contributed by atoms with van der Waals surface area (Å²) in [4.78, 5) is 18.2. The van der Waals surface area contributed by atoms with Crippen molar-refractivity contribution < 1.29 is 0 Å². The van der Waals surface area contributed by atoms with Crippen LogP contribution in [0, 0.1) is 6.20 Å². The molecule has 1 N–H and O–H groups in total. The lowest BCUT2D eigenvalue weighted by molar-refractivity contribution is 0.993. The van der Waals surface area contributed by atoms with E-state index < -0.39 is 0 Å². The summed E-state index contributed by atoms with van der Waals surface area (Å²) in [5.41, 5.74) is -0.369. The maximum atomic E-state index is 10.6. The third kappa shape index (κ3) is 1.34. The van der Waals surface area contributed by atoms with E-state index in [0.29, 0.717) is 5.82 Å². The summed E-state index contributed by atoms with van der Waals surface area (Å²) in [6, 6.07) is 1.61. The number of hydrogen-bond acceptors (Lipinski definition) is 3. The van der Waals surface area contributed by atoms with Crippen molar-refractivity contribution in [3.05, 3.63) is 22.7 Å². The zero-order valence-corrected chi connectivity index (χ0v) is 5.88. The Hall–Kier alpha value is -1.32. The lowest BCUT2D eigenvalue weighted by Crippen LogP contribution is -2.17. The van der Waals surface area contributed by atoms with Crippen molar-refractivity contribution in [3.8, 4) is 0 Å². The Kier molecular flexibility index (Phi) is 1.71. The fraction of sp³-hybridized carbons (Fsp3) is 0.333. The van der Waals surface area contributed by atoms with Crippen LogP contribution in [0.3, 0.4) is 0 Å². The monoisotopic (exact) mass is 138 g/mol. The van der Waals surface area contributed by atoms with Crippen LogP contribution < -0.4 is 10.6 Å². The number of hydrogen-bond donors (Lipinski definition) is 1. The minimum atomic E-state index is -0.369. The van der Waals surface area contributed by atoms with Crippen molar-refractivity contribution in [2.75, 3.05) is 19.0 Å². The first-order valence-corrected chi connectivity index (χ1v) is 2.85. The molecule has 53 valence electrons. The standard InChI is InChI=1S/C6H8N3O/c1-9(2)5-3-4-7-6(10)8-5/h3H,1-2H3,(H,7,8,10). The van der Waals surface area contributed by atoms with E-state index in [4.69, 9.17) is 0 Å². The van der Waals surface area contributed by atoms with E-state index in [1.54, 1.807) is 11.0 Å². The first kappa shape index (κ1) is 6.80. The molecule has 0 spiro atoms. The first-order valence-electron chi connectivity index (χ1n) is 2.85. The molecule has 0 bridgehead atoms. The molecule has 1 radical (unpaired) electrons. The van der Waals surface area contributed by atoms with Gasteiger partial charge in [-0.3, -0.25) is 4.98 Å². The number of nitrogens with zero attached hydrogens (tertiary/aromatic N) is 2. The Labute approximate surface area is 58.5 Å². The van der Waals surface area contributed by atoms with Gasteiger partial charge in [-0.15, -0.1) is 0 Å². The van der Waals surface area contributed by atoms with Gasteiger partial charge < -0.3 is 4.90 Å². The molecule has 0 atom stereocenters. The summed E-state index contributed by atoms with van der Waals surface area (Å²) in [5, 5.41) is 0. The minimum Gasteiger partial charge on any atom is -0.364 e. The molecular weight excluding hydrogens is 130 g/mol. The highest BCUT2D eigenvalue weighted by Crippen LogP contribution is 1.98. The normalized spacial score (nSPS) is 9.40. The number of rotatable bonds is 1. The van der Waals surface area contributed by atoms with Gasteiger partial charge in [0, 0.05) is 20.2 Å². The molecule has 0 aliphatic carbocycles. The van der Waals surface area contributed by atoms with Gasteiger partial charge in [-0.25, -0.2) is 4.79 Å². The second-order valence-corrected chi connectivity index (χ2v) is 2.10. The van der Waals surface area contributed by atoms with Gasteiger partial charge in [0.2, 0.25) is 0 Å². The third-order valence-electron chi connectivity index (χ3n) is 1.08. The van der Waals surface area contributed by atoms with Crippen LogP contribution in [-0.4, -0.2) is 24.1 Å². The summed E-state index contributed by atoms with van der Waals surface area (Å²) in [5.74, 6) is 0.708. The van der Waals surface area contributed by atoms with Crippen LogP contribution in [0.5, 0.6) is 0 Å². The van der Waals surface area contributed by atoms with Crippen LogP contribution >= 0.6 is 0 Å². The van der Waals surface area contributed by atoms with Crippen LogP contribution in [0.25, 0.3) is 0 Å². The molecular formula is C6H8N3O. The van der Waals surface area contributed by atoms with Gasteiger partial charge in [-0.05, 0) is 0 Å². The van der Waals surface area contributed by atoms with E-state index in [-0.39, 0.29) is 5.69 Å². The molecule has 4 nitrogen and oxygen atoms in total. The van der Waals surface area contributed by atoms with Crippen LogP contribution in [0.15, 0.2) is 10.9 Å². The number of H-pyrrole nitrogens is 1. The van der Waals surface area contributed by atoms with E-state index in [1.807, 2.05) is 14.1 Å². The van der Waals surface area contributed by atoms with E-state index >= 15 is 0 Å². The van der Waals surface area contributed by atoms with Crippen molar-refractivity contribution >= 4 is 5.82 Å². The lowest BCUT2D eigenvalue weighted by atomic mass is 10.5. The van der Waals surface area contributed by atoms with Crippen molar-refractivity contribution in [1.82, 2.24) is 9.97 Å². The Morgan fingerprint density at radius 2 is 2.40 bits per heavy atom. The predicted octanol–water partition coefficient (Wildman–Crippen LogP) is -0.364. The fourth-order valence-electron chi connectivity index (χ4n) is 0.567. The van der Waals surface area contributed by atoms with Gasteiger partial charge in [0.25, 0.3) is 0 Å². The Balaban J connectivity index is 3.07. The van der Waals surface area contributed by atoms with E-state index in [2.05, 4.69) is 16.2 Å². The van der Waals surface area contributed by atoms with Crippen molar-refractivity contribution in [2.24, 2.45) is 0 Å². The summed E-state index contributed by atoms with van der Waals surface area (Å²) in [6.45, 7) is 0. The predicted molar refractivity (Wildman–Crippen MR) is 38.0 cm³/mol. The number of nitrogens with one attached hydrogen (secondary N) is 1. The van der Waals surface area contributed by atoms with Gasteiger partial charge in [-0.2, -0.15) is 4.98 Å². The molecule has 0 unspecified atom stereocenters. The third-order valence-corrected chi connectivity index (χ3v) is 1.08. The largest absolute Gasteiger partial charge is 0.364 e. The van der Waals surface area contributed by atoms with Gasteiger partial charge in [0.15, 0.2) is 0 Å². The Bertz CT molecular complexity index is 266. The van der Waals surface area contributed by atoms with Crippen molar-refractivity contribution in [1.29, 1.82) is 0 Å². The summed E-state index contributed by atoms with van der Waals surface area (Å²) < 4.78 is 0. The van der Waals surface area contributed by atoms with Crippen LogP contribution in [0.2, 0.25) is 0 Å². The molecule has 10 heavy (non-hydrogen) atoms. The molecule has 4 heteroatoms. The maximum Gasteiger partial charge on any atom is 0.347 e. The van der Waals surface area contributed by atoms with Crippen LogP contribution in [-0.2, 0) is 0 Å². The minimum absolute atomic E-state index is 0.369. The molecule has 1 rings (SSSR count). The molecule has 0 aliphatic heterocycles. The Morgan fingerprint density at radius 3 is 2.80 bits per heavy atom. The zero-order chi connectivity index (χ0) is 7.56. The molecule has 0 fully saturated rings. The second kappa shape index (κ2) is 2.51. The Morgan fingerprint density at radius 1 is 1.70 bits per heavy atom. The van der Waals surface area contributed by atoms with Crippen molar-refractivity contribution in [3.63, 3.8) is 0 Å². The summed E-state index contributed by atoms with van der Waals surface area (Å²) in [7, 11) is 3.66. The number of aromatic nitrogens is 2. The SMILES string of the molecule is CN(C)c1c[c]nc(=O)[nH]1. The van der Waals surface area contributed by atoms with Crippen LogP contribution in [0.1, 0.15) is 0 Å². The molecule has 0 aromatic carbocycles. The average Bonchev–Trinajstić information content (AvgIpc) is 1.88. The smallest absolute Gasteiger partial charge is 0.347 e. The van der Waals surface area contributed by atoms with Gasteiger partial charge >= 0.3 is 5.69 Å². The highest BCUT2D eigenvalue weighted by atomic mass is 16.1. The molecule has 1 aromatic heterocycles. The average molecular weight is 138 g/mol. The highest BCUT2D eigenvalue weighted by Gasteiger charge is 1.93. The second-order valence-electron chi connectivity index (χ2n) is 2.10.